The van der Waals surface area contributed by atoms with Crippen molar-refractivity contribution in [3.05, 3.63) is 71.0 Å². The first-order valence-corrected chi connectivity index (χ1v) is 7.47. The van der Waals surface area contributed by atoms with E-state index in [0.29, 0.717) is 13.1 Å². The molecule has 1 aliphatic heterocycles. The second-order valence-electron chi connectivity index (χ2n) is 5.56. The first kappa shape index (κ1) is 15.2. The van der Waals surface area contributed by atoms with Gasteiger partial charge in [0.25, 0.3) is 5.91 Å². The van der Waals surface area contributed by atoms with E-state index in [1.807, 2.05) is 31.2 Å². The van der Waals surface area contributed by atoms with E-state index in [0.717, 1.165) is 11.1 Å². The highest BCUT2D eigenvalue weighted by Gasteiger charge is 2.35. The Morgan fingerprint density at radius 3 is 2.74 bits per heavy atom. The van der Waals surface area contributed by atoms with Crippen LogP contribution in [0.15, 0.2) is 48.5 Å². The maximum absolute atomic E-state index is 13.4. The van der Waals surface area contributed by atoms with E-state index < -0.39 is 11.9 Å². The summed E-state index contributed by atoms with van der Waals surface area (Å²) in [5, 5.41) is 2.80. The van der Waals surface area contributed by atoms with Crippen molar-refractivity contribution >= 4 is 11.8 Å². The second-order valence-corrected chi connectivity index (χ2v) is 5.56. The highest BCUT2D eigenvalue weighted by molar-refractivity contribution is 5.98. The second kappa shape index (κ2) is 6.20. The zero-order valence-electron chi connectivity index (χ0n) is 12.8. The van der Waals surface area contributed by atoms with Gasteiger partial charge in [-0.2, -0.15) is 0 Å². The summed E-state index contributed by atoms with van der Waals surface area (Å²) in [6.45, 7) is 2.68. The van der Waals surface area contributed by atoms with Gasteiger partial charge in [-0.15, -0.1) is 0 Å². The topological polar surface area (TPSA) is 49.4 Å². The standard InChI is InChI=1S/C18H17FN2O2/c1-12-5-2-3-8-15(12)16-17(22)20-9-10-21(16)18(23)13-6-4-7-14(19)11-13/h2-8,11,16H,9-10H2,1H3,(H,20,22). The van der Waals surface area contributed by atoms with Gasteiger partial charge in [-0.1, -0.05) is 30.3 Å². The summed E-state index contributed by atoms with van der Waals surface area (Å²) < 4.78 is 13.4. The van der Waals surface area contributed by atoms with Crippen molar-refractivity contribution in [2.75, 3.05) is 13.1 Å². The number of hydrogen-bond donors (Lipinski definition) is 1. The predicted molar refractivity (Wildman–Crippen MR) is 84.4 cm³/mol. The Hall–Kier alpha value is -2.69. The summed E-state index contributed by atoms with van der Waals surface area (Å²) in [7, 11) is 0. The van der Waals surface area contributed by atoms with Crippen LogP contribution in [0, 0.1) is 12.7 Å². The number of rotatable bonds is 2. The average Bonchev–Trinajstić information content (AvgIpc) is 2.55. The lowest BCUT2D eigenvalue weighted by molar-refractivity contribution is -0.128. The van der Waals surface area contributed by atoms with Crippen molar-refractivity contribution in [2.45, 2.75) is 13.0 Å². The normalized spacial score (nSPS) is 17.7. The summed E-state index contributed by atoms with van der Waals surface area (Å²) in [5.41, 5.74) is 1.97. The Balaban J connectivity index is 2.00. The lowest BCUT2D eigenvalue weighted by atomic mass is 9.97. The molecule has 1 N–H and O–H groups in total. The number of carbonyl (C=O) groups is 2. The van der Waals surface area contributed by atoms with Crippen molar-refractivity contribution in [1.82, 2.24) is 10.2 Å². The van der Waals surface area contributed by atoms with Crippen molar-refractivity contribution < 1.29 is 14.0 Å². The van der Waals surface area contributed by atoms with E-state index in [1.165, 1.54) is 23.1 Å². The quantitative estimate of drug-likeness (QED) is 0.926. The molecule has 0 aliphatic carbocycles. The number of carbonyl (C=O) groups excluding carboxylic acids is 2. The number of hydrogen-bond acceptors (Lipinski definition) is 2. The number of benzene rings is 2. The summed E-state index contributed by atoms with van der Waals surface area (Å²) in [5.74, 6) is -1.02. The lowest BCUT2D eigenvalue weighted by Crippen LogP contribution is -2.52. The molecule has 1 unspecified atom stereocenters. The van der Waals surface area contributed by atoms with Gasteiger partial charge in [0.2, 0.25) is 5.91 Å². The van der Waals surface area contributed by atoms with Crippen LogP contribution in [0.4, 0.5) is 4.39 Å². The van der Waals surface area contributed by atoms with E-state index in [4.69, 9.17) is 0 Å². The van der Waals surface area contributed by atoms with E-state index in [-0.39, 0.29) is 17.4 Å². The largest absolute Gasteiger partial charge is 0.352 e. The van der Waals surface area contributed by atoms with Gasteiger partial charge >= 0.3 is 0 Å². The molecule has 2 amide bonds. The van der Waals surface area contributed by atoms with Gasteiger partial charge in [-0.25, -0.2) is 4.39 Å². The van der Waals surface area contributed by atoms with Crippen molar-refractivity contribution in [1.29, 1.82) is 0 Å². The van der Waals surface area contributed by atoms with E-state index in [2.05, 4.69) is 5.32 Å². The van der Waals surface area contributed by atoms with Gasteiger partial charge in [-0.05, 0) is 36.2 Å². The highest BCUT2D eigenvalue weighted by atomic mass is 19.1. The lowest BCUT2D eigenvalue weighted by Gasteiger charge is -2.36. The minimum absolute atomic E-state index is 0.213. The van der Waals surface area contributed by atoms with E-state index >= 15 is 0 Å². The van der Waals surface area contributed by atoms with Crippen LogP contribution in [0.25, 0.3) is 0 Å². The number of nitrogens with one attached hydrogen (secondary N) is 1. The molecule has 1 atom stereocenters. The first-order valence-electron chi connectivity index (χ1n) is 7.47. The molecule has 0 saturated carbocycles. The van der Waals surface area contributed by atoms with Crippen LogP contribution >= 0.6 is 0 Å². The van der Waals surface area contributed by atoms with Gasteiger partial charge in [0.15, 0.2) is 0 Å². The molecule has 0 spiro atoms. The molecule has 4 nitrogen and oxygen atoms in total. The van der Waals surface area contributed by atoms with E-state index in [9.17, 15) is 14.0 Å². The summed E-state index contributed by atoms with van der Waals surface area (Å²) in [4.78, 5) is 26.7. The summed E-state index contributed by atoms with van der Waals surface area (Å²) in [6, 6.07) is 12.3. The van der Waals surface area contributed by atoms with Gasteiger partial charge in [0.1, 0.15) is 11.9 Å². The fraction of sp³-hybridized carbons (Fsp3) is 0.222. The number of nitrogens with zero attached hydrogens (tertiary/aromatic N) is 1. The fourth-order valence-electron chi connectivity index (χ4n) is 2.88. The Morgan fingerprint density at radius 2 is 2.00 bits per heavy atom. The Bertz CT molecular complexity index is 760. The predicted octanol–water partition coefficient (Wildman–Crippen LogP) is 2.45. The third kappa shape index (κ3) is 2.95. The maximum Gasteiger partial charge on any atom is 0.254 e. The van der Waals surface area contributed by atoms with Gasteiger partial charge in [0, 0.05) is 18.7 Å². The molecule has 1 aliphatic rings. The molecule has 0 bridgehead atoms. The first-order chi connectivity index (χ1) is 11.1. The molecule has 1 heterocycles. The summed E-state index contributed by atoms with van der Waals surface area (Å²) in [6.07, 6.45) is 0. The third-order valence-corrected chi connectivity index (χ3v) is 4.03. The van der Waals surface area contributed by atoms with Crippen LogP contribution in [-0.2, 0) is 4.79 Å². The van der Waals surface area contributed by atoms with Crippen LogP contribution in [0.3, 0.4) is 0 Å². The molecule has 2 aromatic rings. The Morgan fingerprint density at radius 1 is 1.22 bits per heavy atom. The number of amides is 2. The van der Waals surface area contributed by atoms with Gasteiger partial charge in [-0.3, -0.25) is 9.59 Å². The van der Waals surface area contributed by atoms with Crippen LogP contribution in [0.1, 0.15) is 27.5 Å². The Labute approximate surface area is 133 Å². The molecule has 118 valence electrons. The highest BCUT2D eigenvalue weighted by Crippen LogP contribution is 2.27. The average molecular weight is 312 g/mol. The molecule has 5 heteroatoms. The molecule has 23 heavy (non-hydrogen) atoms. The molecule has 1 fully saturated rings. The number of aryl methyl sites for hydroxylation is 1. The minimum Gasteiger partial charge on any atom is -0.352 e. The van der Waals surface area contributed by atoms with E-state index in [1.54, 1.807) is 6.07 Å². The number of piperazine rings is 1. The molecule has 0 aromatic heterocycles. The monoisotopic (exact) mass is 312 g/mol. The van der Waals surface area contributed by atoms with Crippen molar-refractivity contribution in [2.24, 2.45) is 0 Å². The van der Waals surface area contributed by atoms with Crippen molar-refractivity contribution in [3.8, 4) is 0 Å². The molecule has 1 saturated heterocycles. The van der Waals surface area contributed by atoms with Gasteiger partial charge in [0.05, 0.1) is 0 Å². The smallest absolute Gasteiger partial charge is 0.254 e. The summed E-state index contributed by atoms with van der Waals surface area (Å²) >= 11 is 0. The van der Waals surface area contributed by atoms with Crippen LogP contribution in [0.5, 0.6) is 0 Å². The fourth-order valence-corrected chi connectivity index (χ4v) is 2.88. The van der Waals surface area contributed by atoms with Crippen LogP contribution < -0.4 is 5.32 Å². The molecule has 2 aromatic carbocycles. The van der Waals surface area contributed by atoms with Gasteiger partial charge < -0.3 is 10.2 Å². The third-order valence-electron chi connectivity index (χ3n) is 4.03. The molecular formula is C18H17FN2O2. The van der Waals surface area contributed by atoms with Crippen LogP contribution in [0.2, 0.25) is 0 Å². The molecular weight excluding hydrogens is 295 g/mol. The SMILES string of the molecule is Cc1ccccc1C1C(=O)NCCN1C(=O)c1cccc(F)c1. The molecule has 0 radical (unpaired) electrons. The van der Waals surface area contributed by atoms with Crippen LogP contribution in [-0.4, -0.2) is 29.8 Å². The maximum atomic E-state index is 13.4. The number of halogens is 1. The minimum atomic E-state index is -0.694. The molecule has 3 rings (SSSR count). The Kier molecular flexibility index (Phi) is 4.10. The van der Waals surface area contributed by atoms with Crippen molar-refractivity contribution in [3.63, 3.8) is 0 Å². The zero-order chi connectivity index (χ0) is 16.4. The zero-order valence-corrected chi connectivity index (χ0v) is 12.8.